The summed E-state index contributed by atoms with van der Waals surface area (Å²) in [5, 5.41) is 59.6. The average molecular weight is 478 g/mol. The number of ketones is 1. The molecule has 0 aromatic heterocycles. The van der Waals surface area contributed by atoms with Gasteiger partial charge in [-0.2, -0.15) is 0 Å². The Labute approximate surface area is 192 Å². The van der Waals surface area contributed by atoms with Crippen LogP contribution in [0.3, 0.4) is 0 Å². The highest BCUT2D eigenvalue weighted by atomic mass is 16.7. The first-order chi connectivity index (χ1) is 16.1. The van der Waals surface area contributed by atoms with E-state index in [1.807, 2.05) is 0 Å². The molecule has 0 spiro atoms. The molecule has 0 aliphatic carbocycles. The van der Waals surface area contributed by atoms with Gasteiger partial charge in [-0.05, 0) is 17.7 Å². The summed E-state index contributed by atoms with van der Waals surface area (Å²) in [6.45, 7) is 0. The zero-order valence-corrected chi connectivity index (χ0v) is 17.6. The van der Waals surface area contributed by atoms with Crippen molar-refractivity contribution in [2.45, 2.75) is 42.9 Å². The molecule has 2 heterocycles. The van der Waals surface area contributed by atoms with Crippen molar-refractivity contribution in [3.63, 3.8) is 0 Å². The van der Waals surface area contributed by atoms with Gasteiger partial charge in [-0.1, -0.05) is 12.1 Å². The van der Waals surface area contributed by atoms with E-state index in [1.165, 1.54) is 7.11 Å². The van der Waals surface area contributed by atoms with Crippen molar-refractivity contribution >= 4 is 11.8 Å². The Kier molecular flexibility index (Phi) is 6.34. The van der Waals surface area contributed by atoms with Crippen molar-refractivity contribution in [2.24, 2.45) is 0 Å². The molecule has 34 heavy (non-hydrogen) atoms. The van der Waals surface area contributed by atoms with Gasteiger partial charge >= 0.3 is 5.97 Å². The number of carboxylic acid groups (broad SMARTS) is 1. The molecule has 1 saturated heterocycles. The highest BCUT2D eigenvalue weighted by Gasteiger charge is 2.51. The van der Waals surface area contributed by atoms with Crippen molar-refractivity contribution < 1.29 is 59.2 Å². The van der Waals surface area contributed by atoms with Crippen molar-refractivity contribution in [3.8, 4) is 23.0 Å². The van der Waals surface area contributed by atoms with Gasteiger partial charge in [0.05, 0.1) is 7.11 Å². The Bertz CT molecular complexity index is 1080. The quantitative estimate of drug-likeness (QED) is 0.329. The summed E-state index contributed by atoms with van der Waals surface area (Å²) < 4.78 is 21.8. The SMILES string of the molecule is COc1ccc([C@H]2Oc3cc(O)cc(O)c3C(=O)[C@@H]2O[C@@H]2O[C@H](C(=O)O)[C@@H](O)[C@H](O)[C@H]2O)cc1. The topological polar surface area (TPSA) is 192 Å². The molecular weight excluding hydrogens is 456 g/mol. The summed E-state index contributed by atoms with van der Waals surface area (Å²) in [5.74, 6) is -3.01. The van der Waals surface area contributed by atoms with Gasteiger partial charge in [-0.15, -0.1) is 0 Å². The minimum atomic E-state index is -1.95. The molecule has 7 atom stereocenters. The highest BCUT2D eigenvalue weighted by molar-refractivity contribution is 6.05. The fourth-order valence-corrected chi connectivity index (χ4v) is 3.88. The van der Waals surface area contributed by atoms with E-state index in [0.29, 0.717) is 11.3 Å². The average Bonchev–Trinajstić information content (AvgIpc) is 2.80. The zero-order valence-electron chi connectivity index (χ0n) is 17.6. The van der Waals surface area contributed by atoms with Crippen LogP contribution in [0.5, 0.6) is 23.0 Å². The molecule has 0 amide bonds. The third-order valence-electron chi connectivity index (χ3n) is 5.64. The molecule has 2 aromatic carbocycles. The van der Waals surface area contributed by atoms with Gasteiger partial charge in [0.15, 0.2) is 24.6 Å². The molecule has 0 radical (unpaired) electrons. The van der Waals surface area contributed by atoms with E-state index in [2.05, 4.69) is 0 Å². The van der Waals surface area contributed by atoms with Crippen LogP contribution in [0.1, 0.15) is 22.0 Å². The maximum Gasteiger partial charge on any atom is 0.335 e. The zero-order chi connectivity index (χ0) is 24.7. The summed E-state index contributed by atoms with van der Waals surface area (Å²) in [5.41, 5.74) is 0.0847. The maximum atomic E-state index is 13.4. The molecule has 1 fully saturated rings. The fourth-order valence-electron chi connectivity index (χ4n) is 3.88. The van der Waals surface area contributed by atoms with Crippen LogP contribution in [0.15, 0.2) is 36.4 Å². The van der Waals surface area contributed by atoms with Gasteiger partial charge < -0.3 is 49.6 Å². The molecule has 12 nitrogen and oxygen atoms in total. The lowest BCUT2D eigenvalue weighted by Crippen LogP contribution is -2.61. The number of carbonyl (C=O) groups is 2. The van der Waals surface area contributed by atoms with E-state index in [-0.39, 0.29) is 17.1 Å². The van der Waals surface area contributed by atoms with Crippen LogP contribution >= 0.6 is 0 Å². The third kappa shape index (κ3) is 4.13. The van der Waals surface area contributed by atoms with E-state index < -0.39 is 60.4 Å². The Morgan fingerprint density at radius 2 is 1.68 bits per heavy atom. The number of carbonyl (C=O) groups excluding carboxylic acids is 1. The molecule has 2 aliphatic rings. The number of ether oxygens (including phenoxy) is 4. The normalized spacial score (nSPS) is 30.8. The van der Waals surface area contributed by atoms with Gasteiger partial charge in [-0.25, -0.2) is 4.79 Å². The molecule has 2 aromatic rings. The van der Waals surface area contributed by atoms with E-state index in [4.69, 9.17) is 18.9 Å². The standard InChI is InChI=1S/C22H22O12/c1-31-10-4-2-8(3-5-10)18-19(14(25)13-11(24)6-9(23)7-12(13)32-18)33-22-17(28)15(26)16(27)20(34-22)21(29)30/h2-7,15-20,22-24,26-28H,1H3,(H,29,30)/t15-,16-,17+,18+,19-,20-,22+/m0/s1. The van der Waals surface area contributed by atoms with Crippen molar-refractivity contribution in [1.29, 1.82) is 0 Å². The van der Waals surface area contributed by atoms with Crippen molar-refractivity contribution in [2.75, 3.05) is 7.11 Å². The first-order valence-electron chi connectivity index (χ1n) is 10.1. The van der Waals surface area contributed by atoms with Crippen LogP contribution in [-0.2, 0) is 14.3 Å². The minimum absolute atomic E-state index is 0.132. The molecule has 6 N–H and O–H groups in total. The first kappa shape index (κ1) is 23.7. The second-order valence-corrected chi connectivity index (χ2v) is 7.81. The summed E-state index contributed by atoms with van der Waals surface area (Å²) in [6, 6.07) is 8.36. The number of phenols is 2. The monoisotopic (exact) mass is 478 g/mol. The lowest BCUT2D eigenvalue weighted by molar-refractivity contribution is -0.304. The van der Waals surface area contributed by atoms with E-state index in [1.54, 1.807) is 24.3 Å². The number of aromatic hydroxyl groups is 2. The predicted molar refractivity (Wildman–Crippen MR) is 110 cm³/mol. The van der Waals surface area contributed by atoms with Crippen molar-refractivity contribution in [3.05, 3.63) is 47.5 Å². The molecule has 4 rings (SSSR count). The minimum Gasteiger partial charge on any atom is -0.508 e. The number of hydrogen-bond acceptors (Lipinski definition) is 11. The van der Waals surface area contributed by atoms with E-state index >= 15 is 0 Å². The Hall–Kier alpha value is -3.42. The number of aliphatic hydroxyl groups is 3. The first-order valence-corrected chi connectivity index (χ1v) is 10.1. The largest absolute Gasteiger partial charge is 0.508 e. The summed E-state index contributed by atoms with van der Waals surface area (Å²) in [7, 11) is 1.46. The highest BCUT2D eigenvalue weighted by Crippen LogP contribution is 2.43. The van der Waals surface area contributed by atoms with Crippen LogP contribution < -0.4 is 9.47 Å². The van der Waals surface area contributed by atoms with Gasteiger partial charge in [0, 0.05) is 12.1 Å². The number of fused-ring (bicyclic) bond motifs is 1. The number of hydrogen-bond donors (Lipinski definition) is 6. The molecule has 12 heteroatoms. The number of methoxy groups -OCH3 is 1. The lowest BCUT2D eigenvalue weighted by Gasteiger charge is -2.41. The maximum absolute atomic E-state index is 13.4. The van der Waals surface area contributed by atoms with E-state index in [9.17, 15) is 40.2 Å². The number of carboxylic acids is 1. The fraction of sp³-hybridized carbons (Fsp3) is 0.364. The third-order valence-corrected chi connectivity index (χ3v) is 5.64. The molecule has 0 saturated carbocycles. The predicted octanol–water partition coefficient (Wildman–Crippen LogP) is -0.300. The van der Waals surface area contributed by atoms with Crippen LogP contribution in [0.2, 0.25) is 0 Å². The van der Waals surface area contributed by atoms with Gasteiger partial charge in [0.1, 0.15) is 46.9 Å². The van der Waals surface area contributed by atoms with Crippen LogP contribution in [-0.4, -0.2) is 86.3 Å². The summed E-state index contributed by atoms with van der Waals surface area (Å²) in [4.78, 5) is 24.8. The van der Waals surface area contributed by atoms with Crippen LogP contribution in [0.4, 0.5) is 0 Å². The van der Waals surface area contributed by atoms with Gasteiger partial charge in [0.2, 0.25) is 5.78 Å². The molecule has 182 valence electrons. The molecular formula is C22H22O12. The number of benzene rings is 2. The smallest absolute Gasteiger partial charge is 0.335 e. The van der Waals surface area contributed by atoms with E-state index in [0.717, 1.165) is 12.1 Å². The summed E-state index contributed by atoms with van der Waals surface area (Å²) in [6.07, 6.45) is -12.4. The number of rotatable bonds is 5. The van der Waals surface area contributed by atoms with Crippen molar-refractivity contribution in [1.82, 2.24) is 0 Å². The number of phenolic OH excluding ortho intramolecular Hbond substituents is 2. The lowest BCUT2D eigenvalue weighted by atomic mass is 9.92. The number of Topliss-reactive ketones (excluding diaryl/α,β-unsaturated/α-hetero) is 1. The second-order valence-electron chi connectivity index (χ2n) is 7.81. The molecule has 0 bridgehead atoms. The van der Waals surface area contributed by atoms with Gasteiger partial charge in [0.25, 0.3) is 0 Å². The Morgan fingerprint density at radius 3 is 2.29 bits per heavy atom. The number of aliphatic hydroxyl groups excluding tert-OH is 3. The van der Waals surface area contributed by atoms with Crippen LogP contribution in [0, 0.1) is 0 Å². The second kappa shape index (κ2) is 9.08. The van der Waals surface area contributed by atoms with Crippen LogP contribution in [0.25, 0.3) is 0 Å². The molecule has 0 unspecified atom stereocenters. The summed E-state index contributed by atoms with van der Waals surface area (Å²) >= 11 is 0. The van der Waals surface area contributed by atoms with Gasteiger partial charge in [-0.3, -0.25) is 4.79 Å². The Morgan fingerprint density at radius 1 is 1.00 bits per heavy atom. The Balaban J connectivity index is 1.73. The molecule has 2 aliphatic heterocycles. The number of aliphatic carboxylic acids is 1.